The van der Waals surface area contributed by atoms with Crippen LogP contribution in [0.5, 0.6) is 6.01 Å². The Morgan fingerprint density at radius 2 is 1.90 bits per heavy atom. The molecule has 0 saturated carbocycles. The zero-order chi connectivity index (χ0) is 21.3. The largest absolute Gasteiger partial charge is 0.460 e. The molecular formula is C21H23FN4O4. The second-order valence-corrected chi connectivity index (χ2v) is 6.18. The van der Waals surface area contributed by atoms with Crippen LogP contribution < -0.4 is 10.1 Å². The highest BCUT2D eigenvalue weighted by Gasteiger charge is 2.17. The van der Waals surface area contributed by atoms with Crippen molar-refractivity contribution in [1.29, 1.82) is 0 Å². The van der Waals surface area contributed by atoms with Gasteiger partial charge in [0, 0.05) is 19.4 Å². The molecule has 1 aromatic heterocycles. The predicted molar refractivity (Wildman–Crippen MR) is 109 cm³/mol. The zero-order valence-corrected chi connectivity index (χ0v) is 16.8. The molecule has 0 aliphatic heterocycles. The van der Waals surface area contributed by atoms with Crippen LogP contribution in [0.15, 0.2) is 48.5 Å². The number of aromatic nitrogens is 3. The lowest BCUT2D eigenvalue weighted by Gasteiger charge is -2.08. The van der Waals surface area contributed by atoms with Crippen LogP contribution in [0.1, 0.15) is 6.92 Å². The van der Waals surface area contributed by atoms with E-state index in [0.29, 0.717) is 36.0 Å². The normalized spacial score (nSPS) is 10.8. The van der Waals surface area contributed by atoms with Crippen molar-refractivity contribution in [1.82, 2.24) is 14.8 Å². The molecule has 0 aliphatic rings. The van der Waals surface area contributed by atoms with Gasteiger partial charge in [-0.25, -0.2) is 9.07 Å². The van der Waals surface area contributed by atoms with Crippen molar-refractivity contribution < 1.29 is 23.4 Å². The van der Waals surface area contributed by atoms with Gasteiger partial charge in [-0.2, -0.15) is 4.98 Å². The van der Waals surface area contributed by atoms with Gasteiger partial charge in [0.15, 0.2) is 5.82 Å². The van der Waals surface area contributed by atoms with Gasteiger partial charge in [-0.1, -0.05) is 12.1 Å². The van der Waals surface area contributed by atoms with E-state index < -0.39 is 5.82 Å². The van der Waals surface area contributed by atoms with Gasteiger partial charge in [0.2, 0.25) is 5.91 Å². The van der Waals surface area contributed by atoms with Crippen molar-refractivity contribution in [3.8, 4) is 23.1 Å². The van der Waals surface area contributed by atoms with Crippen LogP contribution in [-0.2, 0) is 14.3 Å². The molecule has 2 aromatic carbocycles. The standard InChI is InChI=1S/C21H23FN4O4/c1-3-29-12-13-30-21-24-20(17-6-4-5-7-18(17)22)26(25-21)16-10-8-15(9-11-16)23-19(27)14-28-2/h4-11H,3,12-14H2,1-2H3,(H,23,27). The Hall–Kier alpha value is -3.30. The van der Waals surface area contributed by atoms with Crippen LogP contribution in [0.4, 0.5) is 10.1 Å². The van der Waals surface area contributed by atoms with Gasteiger partial charge in [0.05, 0.1) is 17.9 Å². The average Bonchev–Trinajstić information content (AvgIpc) is 3.16. The number of nitrogens with one attached hydrogen (secondary N) is 1. The quantitative estimate of drug-likeness (QED) is 0.513. The Morgan fingerprint density at radius 3 is 2.60 bits per heavy atom. The first-order chi connectivity index (χ1) is 14.6. The minimum absolute atomic E-state index is 0.0370. The summed E-state index contributed by atoms with van der Waals surface area (Å²) in [6, 6.07) is 13.3. The first kappa shape index (κ1) is 21.4. The summed E-state index contributed by atoms with van der Waals surface area (Å²) >= 11 is 0. The number of anilines is 1. The van der Waals surface area contributed by atoms with Gasteiger partial charge in [-0.3, -0.25) is 4.79 Å². The summed E-state index contributed by atoms with van der Waals surface area (Å²) in [6.45, 7) is 3.11. The van der Waals surface area contributed by atoms with Crippen molar-refractivity contribution in [2.45, 2.75) is 6.92 Å². The van der Waals surface area contributed by atoms with E-state index in [1.165, 1.54) is 17.9 Å². The lowest BCUT2D eigenvalue weighted by atomic mass is 10.2. The summed E-state index contributed by atoms with van der Waals surface area (Å²) in [6.07, 6.45) is 0. The number of carbonyl (C=O) groups is 1. The van der Waals surface area contributed by atoms with Gasteiger partial charge in [0.1, 0.15) is 19.0 Å². The molecular weight excluding hydrogens is 391 g/mol. The molecule has 0 unspecified atom stereocenters. The number of carbonyl (C=O) groups excluding carboxylic acids is 1. The SMILES string of the molecule is CCOCCOc1nc(-c2ccccc2F)n(-c2ccc(NC(=O)COC)cc2)n1. The van der Waals surface area contributed by atoms with Crippen LogP contribution in [0.2, 0.25) is 0 Å². The van der Waals surface area contributed by atoms with Crippen molar-refractivity contribution in [3.63, 3.8) is 0 Å². The summed E-state index contributed by atoms with van der Waals surface area (Å²) in [5, 5.41) is 7.08. The minimum Gasteiger partial charge on any atom is -0.460 e. The van der Waals surface area contributed by atoms with Gasteiger partial charge in [0.25, 0.3) is 0 Å². The van der Waals surface area contributed by atoms with E-state index in [1.807, 2.05) is 6.92 Å². The Labute approximate surface area is 173 Å². The van der Waals surface area contributed by atoms with E-state index >= 15 is 0 Å². The van der Waals surface area contributed by atoms with E-state index in [0.717, 1.165) is 0 Å². The lowest BCUT2D eigenvalue weighted by Crippen LogP contribution is -2.17. The third kappa shape index (κ3) is 5.40. The fourth-order valence-corrected chi connectivity index (χ4v) is 2.70. The Kier molecular flexibility index (Phi) is 7.47. The molecule has 0 bridgehead atoms. The van der Waals surface area contributed by atoms with Crippen LogP contribution in [0.25, 0.3) is 17.1 Å². The molecule has 1 heterocycles. The Bertz CT molecular complexity index is 975. The molecule has 0 saturated heterocycles. The van der Waals surface area contributed by atoms with Gasteiger partial charge >= 0.3 is 6.01 Å². The van der Waals surface area contributed by atoms with Crippen molar-refractivity contribution in [3.05, 3.63) is 54.3 Å². The molecule has 9 heteroatoms. The average molecular weight is 414 g/mol. The van der Waals surface area contributed by atoms with Crippen molar-refractivity contribution in [2.24, 2.45) is 0 Å². The number of methoxy groups -OCH3 is 1. The third-order valence-electron chi connectivity index (χ3n) is 4.04. The van der Waals surface area contributed by atoms with Gasteiger partial charge in [-0.15, -0.1) is 5.10 Å². The van der Waals surface area contributed by atoms with Crippen LogP contribution in [0.3, 0.4) is 0 Å². The molecule has 1 amide bonds. The second kappa shape index (κ2) is 10.5. The lowest BCUT2D eigenvalue weighted by molar-refractivity contribution is -0.119. The van der Waals surface area contributed by atoms with Crippen LogP contribution >= 0.6 is 0 Å². The minimum atomic E-state index is -0.421. The van der Waals surface area contributed by atoms with Crippen LogP contribution in [-0.4, -0.2) is 54.2 Å². The van der Waals surface area contributed by atoms with Gasteiger partial charge < -0.3 is 19.5 Å². The highest BCUT2D eigenvalue weighted by atomic mass is 19.1. The number of hydrogen-bond donors (Lipinski definition) is 1. The molecule has 0 radical (unpaired) electrons. The van der Waals surface area contributed by atoms with Crippen LogP contribution in [0, 0.1) is 5.82 Å². The maximum atomic E-state index is 14.4. The van der Waals surface area contributed by atoms with E-state index in [2.05, 4.69) is 15.4 Å². The molecule has 8 nitrogen and oxygen atoms in total. The molecule has 3 aromatic rings. The van der Waals surface area contributed by atoms with E-state index in [9.17, 15) is 9.18 Å². The van der Waals surface area contributed by atoms with Gasteiger partial charge in [-0.05, 0) is 43.3 Å². The van der Waals surface area contributed by atoms with E-state index in [4.69, 9.17) is 14.2 Å². The fraction of sp³-hybridized carbons (Fsp3) is 0.286. The number of rotatable bonds is 10. The number of halogens is 1. The molecule has 0 spiro atoms. The monoisotopic (exact) mass is 414 g/mol. The molecule has 3 rings (SSSR count). The first-order valence-corrected chi connectivity index (χ1v) is 9.44. The zero-order valence-electron chi connectivity index (χ0n) is 16.8. The Balaban J connectivity index is 1.89. The highest BCUT2D eigenvalue weighted by molar-refractivity contribution is 5.91. The smallest absolute Gasteiger partial charge is 0.336 e. The third-order valence-corrected chi connectivity index (χ3v) is 4.04. The summed E-state index contributed by atoms with van der Waals surface area (Å²) in [4.78, 5) is 16.0. The van der Waals surface area contributed by atoms with E-state index in [-0.39, 0.29) is 25.1 Å². The number of ether oxygens (including phenoxy) is 3. The first-order valence-electron chi connectivity index (χ1n) is 9.44. The highest BCUT2D eigenvalue weighted by Crippen LogP contribution is 2.26. The molecule has 0 atom stereocenters. The Morgan fingerprint density at radius 1 is 1.13 bits per heavy atom. The second-order valence-electron chi connectivity index (χ2n) is 6.18. The maximum Gasteiger partial charge on any atom is 0.336 e. The number of benzene rings is 2. The molecule has 0 fully saturated rings. The summed E-state index contributed by atoms with van der Waals surface area (Å²) in [5.41, 5.74) is 1.52. The van der Waals surface area contributed by atoms with E-state index in [1.54, 1.807) is 42.5 Å². The number of amides is 1. The summed E-state index contributed by atoms with van der Waals surface area (Å²) in [7, 11) is 1.45. The van der Waals surface area contributed by atoms with Crippen molar-refractivity contribution >= 4 is 11.6 Å². The summed E-state index contributed by atoms with van der Waals surface area (Å²) in [5.74, 6) is -0.380. The topological polar surface area (TPSA) is 87.5 Å². The summed E-state index contributed by atoms with van der Waals surface area (Å²) < 4.78 is 31.5. The van der Waals surface area contributed by atoms with Crippen molar-refractivity contribution in [2.75, 3.05) is 38.9 Å². The maximum absolute atomic E-state index is 14.4. The molecule has 158 valence electrons. The number of hydrogen-bond acceptors (Lipinski definition) is 6. The number of nitrogens with zero attached hydrogens (tertiary/aromatic N) is 3. The molecule has 1 N–H and O–H groups in total. The molecule has 0 aliphatic carbocycles. The molecule has 30 heavy (non-hydrogen) atoms. The predicted octanol–water partition coefficient (Wildman–Crippen LogP) is 3.07. The fourth-order valence-electron chi connectivity index (χ4n) is 2.70.